The average molecular weight is 398 g/mol. The van der Waals surface area contributed by atoms with Crippen LogP contribution in [0.25, 0.3) is 10.9 Å². The predicted octanol–water partition coefficient (Wildman–Crippen LogP) is 3.76. The summed E-state index contributed by atoms with van der Waals surface area (Å²) in [6.07, 6.45) is 5.73. The van der Waals surface area contributed by atoms with Gasteiger partial charge in [-0.2, -0.15) is 0 Å². The van der Waals surface area contributed by atoms with Crippen molar-refractivity contribution in [2.75, 3.05) is 19.6 Å². The van der Waals surface area contributed by atoms with Crippen LogP contribution in [-0.2, 0) is 11.2 Å². The number of nitrogens with one attached hydrogen (secondary N) is 2. The second kappa shape index (κ2) is 11.4. The van der Waals surface area contributed by atoms with Crippen molar-refractivity contribution in [3.63, 3.8) is 0 Å². The van der Waals surface area contributed by atoms with E-state index in [1.54, 1.807) is 0 Å². The fraction of sp³-hybridized carbons (Fsp3) is 0.500. The Hall–Kier alpha value is -1.36. The first kappa shape index (κ1) is 22.7. The minimum atomic E-state index is 0. The molecule has 1 fully saturated rings. The molecular formula is C20H29Cl2N3O. The van der Waals surface area contributed by atoms with Gasteiger partial charge in [0.25, 0.3) is 0 Å². The Kier molecular flexibility index (Phi) is 9.92. The Morgan fingerprint density at radius 2 is 2.12 bits per heavy atom. The molecule has 2 aromatic rings. The maximum absolute atomic E-state index is 12.2. The van der Waals surface area contributed by atoms with Gasteiger partial charge in [-0.15, -0.1) is 24.8 Å². The molecule has 1 aliphatic rings. The van der Waals surface area contributed by atoms with Crippen LogP contribution in [0, 0.1) is 11.8 Å². The van der Waals surface area contributed by atoms with Crippen molar-refractivity contribution in [3.8, 4) is 0 Å². The zero-order valence-electron chi connectivity index (χ0n) is 15.2. The second-order valence-electron chi connectivity index (χ2n) is 6.88. The summed E-state index contributed by atoms with van der Waals surface area (Å²) >= 11 is 0. The smallest absolute Gasteiger partial charge is 0.220 e. The van der Waals surface area contributed by atoms with Crippen molar-refractivity contribution in [1.82, 2.24) is 15.6 Å². The van der Waals surface area contributed by atoms with Crippen LogP contribution in [0.1, 0.15) is 31.7 Å². The fourth-order valence-electron chi connectivity index (χ4n) is 3.60. The summed E-state index contributed by atoms with van der Waals surface area (Å²) in [5.74, 6) is 1.24. The largest absolute Gasteiger partial charge is 0.356 e. The van der Waals surface area contributed by atoms with Crippen LogP contribution in [0.2, 0.25) is 0 Å². The Morgan fingerprint density at radius 3 is 2.88 bits per heavy atom. The number of hydrogen-bond donors (Lipinski definition) is 2. The summed E-state index contributed by atoms with van der Waals surface area (Å²) in [6, 6.07) is 10.3. The molecule has 0 saturated carbocycles. The van der Waals surface area contributed by atoms with Crippen LogP contribution in [0.4, 0.5) is 0 Å². The third kappa shape index (κ3) is 6.11. The summed E-state index contributed by atoms with van der Waals surface area (Å²) in [7, 11) is 0. The second-order valence-corrected chi connectivity index (χ2v) is 6.88. The van der Waals surface area contributed by atoms with Gasteiger partial charge in [0.2, 0.25) is 5.91 Å². The lowest BCUT2D eigenvalue weighted by Crippen LogP contribution is -2.36. The lowest BCUT2D eigenvalue weighted by molar-refractivity contribution is -0.122. The molecule has 2 N–H and O–H groups in total. The first-order chi connectivity index (χ1) is 11.7. The first-order valence-corrected chi connectivity index (χ1v) is 9.04. The number of fused-ring (bicyclic) bond motifs is 1. The summed E-state index contributed by atoms with van der Waals surface area (Å²) in [5.41, 5.74) is 2.23. The number of amides is 1. The van der Waals surface area contributed by atoms with Crippen molar-refractivity contribution >= 4 is 41.6 Å². The van der Waals surface area contributed by atoms with Crippen LogP contribution in [0.5, 0.6) is 0 Å². The van der Waals surface area contributed by atoms with Crippen LogP contribution < -0.4 is 10.6 Å². The molecule has 0 spiro atoms. The molecule has 2 atom stereocenters. The number of rotatable bonds is 6. The third-order valence-electron chi connectivity index (χ3n) is 5.08. The molecule has 2 unspecified atom stereocenters. The van der Waals surface area contributed by atoms with Gasteiger partial charge in [0, 0.05) is 24.5 Å². The number of carbonyl (C=O) groups is 1. The van der Waals surface area contributed by atoms with E-state index in [-0.39, 0.29) is 30.7 Å². The Labute approximate surface area is 168 Å². The number of para-hydroxylation sites is 1. The minimum Gasteiger partial charge on any atom is -0.356 e. The number of carbonyl (C=O) groups excluding carboxylic acids is 1. The molecule has 144 valence electrons. The van der Waals surface area contributed by atoms with Crippen molar-refractivity contribution < 1.29 is 4.79 Å². The summed E-state index contributed by atoms with van der Waals surface area (Å²) in [5, 5.41) is 7.66. The van der Waals surface area contributed by atoms with Crippen LogP contribution in [0.15, 0.2) is 36.5 Å². The van der Waals surface area contributed by atoms with E-state index in [0.717, 1.165) is 30.4 Å². The zero-order valence-corrected chi connectivity index (χ0v) is 16.9. The van der Waals surface area contributed by atoms with Crippen LogP contribution in [-0.4, -0.2) is 30.5 Å². The SMILES string of the molecule is CC(CC(=O)NCCc1cccc2cccnc12)C1CCCNC1.Cl.Cl. The van der Waals surface area contributed by atoms with E-state index in [1.165, 1.54) is 18.4 Å². The van der Waals surface area contributed by atoms with Gasteiger partial charge in [-0.1, -0.05) is 31.2 Å². The topological polar surface area (TPSA) is 54.0 Å². The van der Waals surface area contributed by atoms with Gasteiger partial charge < -0.3 is 10.6 Å². The Morgan fingerprint density at radius 1 is 1.31 bits per heavy atom. The van der Waals surface area contributed by atoms with E-state index in [1.807, 2.05) is 12.3 Å². The van der Waals surface area contributed by atoms with Crippen molar-refractivity contribution in [1.29, 1.82) is 0 Å². The normalized spacial score (nSPS) is 17.7. The molecule has 6 heteroatoms. The minimum absolute atomic E-state index is 0. The monoisotopic (exact) mass is 397 g/mol. The van der Waals surface area contributed by atoms with Crippen molar-refractivity contribution in [2.45, 2.75) is 32.6 Å². The average Bonchev–Trinajstić information content (AvgIpc) is 2.62. The molecule has 1 aromatic carbocycles. The molecular weight excluding hydrogens is 369 g/mol. The molecule has 3 rings (SSSR count). The third-order valence-corrected chi connectivity index (χ3v) is 5.08. The molecule has 0 aliphatic carbocycles. The highest BCUT2D eigenvalue weighted by molar-refractivity contribution is 5.85. The standard InChI is InChI=1S/C20H27N3O.2ClH/c1-15(18-8-3-10-21-14-18)13-19(24)22-12-9-17-6-2-5-16-7-4-11-23-20(16)17;;/h2,4-7,11,15,18,21H,3,8-10,12-14H2,1H3,(H,22,24);2*1H. The van der Waals surface area contributed by atoms with E-state index in [4.69, 9.17) is 0 Å². The molecule has 1 aliphatic heterocycles. The van der Waals surface area contributed by atoms with Gasteiger partial charge in [0.05, 0.1) is 5.52 Å². The van der Waals surface area contributed by atoms with E-state index < -0.39 is 0 Å². The van der Waals surface area contributed by atoms with E-state index in [9.17, 15) is 4.79 Å². The number of hydrogen-bond acceptors (Lipinski definition) is 3. The number of pyridine rings is 1. The number of aromatic nitrogens is 1. The number of piperidine rings is 1. The highest BCUT2D eigenvalue weighted by Crippen LogP contribution is 2.22. The highest BCUT2D eigenvalue weighted by Gasteiger charge is 2.21. The maximum atomic E-state index is 12.2. The molecule has 1 aromatic heterocycles. The fourth-order valence-corrected chi connectivity index (χ4v) is 3.60. The van der Waals surface area contributed by atoms with E-state index in [0.29, 0.717) is 24.8 Å². The van der Waals surface area contributed by atoms with Gasteiger partial charge in [0.1, 0.15) is 0 Å². The molecule has 26 heavy (non-hydrogen) atoms. The highest BCUT2D eigenvalue weighted by atomic mass is 35.5. The van der Waals surface area contributed by atoms with Gasteiger partial charge in [0.15, 0.2) is 0 Å². The quantitative estimate of drug-likeness (QED) is 0.779. The first-order valence-electron chi connectivity index (χ1n) is 9.04. The summed E-state index contributed by atoms with van der Waals surface area (Å²) in [6.45, 7) is 5.04. The van der Waals surface area contributed by atoms with Gasteiger partial charge in [-0.25, -0.2) is 0 Å². The van der Waals surface area contributed by atoms with Crippen LogP contribution >= 0.6 is 24.8 Å². The van der Waals surface area contributed by atoms with Crippen molar-refractivity contribution in [3.05, 3.63) is 42.1 Å². The lowest BCUT2D eigenvalue weighted by Gasteiger charge is -2.28. The number of benzene rings is 1. The molecule has 1 saturated heterocycles. The molecule has 2 heterocycles. The van der Waals surface area contributed by atoms with Gasteiger partial charge in [-0.05, 0) is 55.8 Å². The maximum Gasteiger partial charge on any atom is 0.220 e. The Bertz CT molecular complexity index is 684. The van der Waals surface area contributed by atoms with Gasteiger partial charge >= 0.3 is 0 Å². The summed E-state index contributed by atoms with van der Waals surface area (Å²) < 4.78 is 0. The van der Waals surface area contributed by atoms with Crippen LogP contribution in [0.3, 0.4) is 0 Å². The number of halogens is 2. The van der Waals surface area contributed by atoms with Gasteiger partial charge in [-0.3, -0.25) is 9.78 Å². The van der Waals surface area contributed by atoms with E-state index >= 15 is 0 Å². The van der Waals surface area contributed by atoms with E-state index in [2.05, 4.69) is 46.8 Å². The van der Waals surface area contributed by atoms with Crippen molar-refractivity contribution in [2.24, 2.45) is 11.8 Å². The molecule has 0 radical (unpaired) electrons. The predicted molar refractivity (Wildman–Crippen MR) is 112 cm³/mol. The molecule has 1 amide bonds. The Balaban J connectivity index is 0.00000169. The summed E-state index contributed by atoms with van der Waals surface area (Å²) in [4.78, 5) is 16.7. The lowest BCUT2D eigenvalue weighted by atomic mass is 9.85. The zero-order chi connectivity index (χ0) is 16.8. The molecule has 0 bridgehead atoms. The number of nitrogens with zero attached hydrogens (tertiary/aromatic N) is 1. The molecule has 4 nitrogen and oxygen atoms in total.